The number of benzene rings is 1. The Bertz CT molecular complexity index is 641. The number of aromatic nitrogens is 4. The van der Waals surface area contributed by atoms with Crippen LogP contribution in [-0.2, 0) is 10.3 Å². The first-order valence-corrected chi connectivity index (χ1v) is 6.11. The Morgan fingerprint density at radius 3 is 2.74 bits per heavy atom. The minimum atomic E-state index is -1.38. The van der Waals surface area contributed by atoms with Crippen LogP contribution in [0.25, 0.3) is 11.4 Å². The standard InChI is InChI=1S/C11H10BrFN4O2/c1-11(2,10(18)19)17-9(14-15-16-17)7-4-3-6(12)5-8(7)13/h3-5H,1-2H3,(H,18,19). The van der Waals surface area contributed by atoms with Crippen molar-refractivity contribution in [3.8, 4) is 11.4 Å². The summed E-state index contributed by atoms with van der Waals surface area (Å²) < 4.78 is 15.6. The van der Waals surface area contributed by atoms with Gasteiger partial charge >= 0.3 is 5.97 Å². The van der Waals surface area contributed by atoms with E-state index in [-0.39, 0.29) is 11.4 Å². The monoisotopic (exact) mass is 328 g/mol. The number of carboxylic acids is 1. The quantitative estimate of drug-likeness (QED) is 0.932. The van der Waals surface area contributed by atoms with Gasteiger partial charge in [-0.3, -0.25) is 0 Å². The molecule has 0 aliphatic carbocycles. The summed E-state index contributed by atoms with van der Waals surface area (Å²) in [5, 5.41) is 20.0. The largest absolute Gasteiger partial charge is 0.479 e. The highest BCUT2D eigenvalue weighted by atomic mass is 79.9. The Labute approximate surface area is 116 Å². The Hall–Kier alpha value is -1.83. The van der Waals surface area contributed by atoms with Crippen LogP contribution in [0.1, 0.15) is 13.8 Å². The van der Waals surface area contributed by atoms with Crippen molar-refractivity contribution >= 4 is 21.9 Å². The van der Waals surface area contributed by atoms with Gasteiger partial charge in [0.05, 0.1) is 5.56 Å². The topological polar surface area (TPSA) is 80.9 Å². The molecule has 100 valence electrons. The highest BCUT2D eigenvalue weighted by Gasteiger charge is 2.34. The number of carbonyl (C=O) groups is 1. The normalized spacial score (nSPS) is 11.6. The number of hydrogen-bond acceptors (Lipinski definition) is 4. The second kappa shape index (κ2) is 4.69. The van der Waals surface area contributed by atoms with Crippen molar-refractivity contribution in [3.05, 3.63) is 28.5 Å². The lowest BCUT2D eigenvalue weighted by atomic mass is 10.1. The molecule has 1 heterocycles. The van der Waals surface area contributed by atoms with Crippen molar-refractivity contribution < 1.29 is 14.3 Å². The maximum atomic E-state index is 13.9. The SMILES string of the molecule is CC(C)(C(=O)O)n1nnnc1-c1ccc(Br)cc1F. The van der Waals surface area contributed by atoms with Gasteiger partial charge in [-0.05, 0) is 42.5 Å². The van der Waals surface area contributed by atoms with Gasteiger partial charge in [-0.25, -0.2) is 13.9 Å². The number of nitrogens with zero attached hydrogens (tertiary/aromatic N) is 4. The average molecular weight is 329 g/mol. The van der Waals surface area contributed by atoms with Crippen molar-refractivity contribution in [1.29, 1.82) is 0 Å². The van der Waals surface area contributed by atoms with Crippen LogP contribution in [0.3, 0.4) is 0 Å². The number of carboxylic acid groups (broad SMARTS) is 1. The Kier molecular flexibility index (Phi) is 3.36. The summed E-state index contributed by atoms with van der Waals surface area (Å²) in [4.78, 5) is 11.2. The highest BCUT2D eigenvalue weighted by molar-refractivity contribution is 9.10. The van der Waals surface area contributed by atoms with E-state index in [4.69, 9.17) is 0 Å². The van der Waals surface area contributed by atoms with Crippen molar-refractivity contribution in [3.63, 3.8) is 0 Å². The molecule has 0 radical (unpaired) electrons. The van der Waals surface area contributed by atoms with E-state index in [1.54, 1.807) is 6.07 Å². The van der Waals surface area contributed by atoms with E-state index < -0.39 is 17.3 Å². The van der Waals surface area contributed by atoms with Crippen molar-refractivity contribution in [2.24, 2.45) is 0 Å². The smallest absolute Gasteiger partial charge is 0.331 e. The summed E-state index contributed by atoms with van der Waals surface area (Å²) in [6.07, 6.45) is 0. The number of tetrazole rings is 1. The van der Waals surface area contributed by atoms with E-state index in [0.29, 0.717) is 4.47 Å². The zero-order chi connectivity index (χ0) is 14.2. The molecule has 0 aliphatic heterocycles. The van der Waals surface area contributed by atoms with Gasteiger partial charge in [-0.2, -0.15) is 0 Å². The summed E-state index contributed by atoms with van der Waals surface area (Å²) in [5.74, 6) is -1.58. The molecule has 0 saturated carbocycles. The van der Waals surface area contributed by atoms with Gasteiger partial charge < -0.3 is 5.11 Å². The van der Waals surface area contributed by atoms with E-state index in [1.807, 2.05) is 0 Å². The van der Waals surface area contributed by atoms with Crippen LogP contribution in [0, 0.1) is 5.82 Å². The number of aliphatic carboxylic acids is 1. The van der Waals surface area contributed by atoms with E-state index in [1.165, 1.54) is 26.0 Å². The van der Waals surface area contributed by atoms with Gasteiger partial charge in [-0.15, -0.1) is 5.10 Å². The molecule has 1 N–H and O–H groups in total. The minimum absolute atomic E-state index is 0.0670. The third-order valence-electron chi connectivity index (χ3n) is 2.69. The number of hydrogen-bond donors (Lipinski definition) is 1. The highest BCUT2D eigenvalue weighted by Crippen LogP contribution is 2.27. The minimum Gasteiger partial charge on any atom is -0.479 e. The molecule has 1 aromatic heterocycles. The Morgan fingerprint density at radius 2 is 2.16 bits per heavy atom. The molecule has 2 aromatic rings. The molecule has 0 amide bonds. The lowest BCUT2D eigenvalue weighted by molar-refractivity contribution is -0.146. The van der Waals surface area contributed by atoms with Crippen LogP contribution in [0.5, 0.6) is 0 Å². The van der Waals surface area contributed by atoms with Gasteiger partial charge in [0.1, 0.15) is 5.82 Å². The van der Waals surface area contributed by atoms with Gasteiger partial charge in [-0.1, -0.05) is 15.9 Å². The summed E-state index contributed by atoms with van der Waals surface area (Å²) in [6.45, 7) is 2.87. The summed E-state index contributed by atoms with van der Waals surface area (Å²) in [7, 11) is 0. The third-order valence-corrected chi connectivity index (χ3v) is 3.19. The summed E-state index contributed by atoms with van der Waals surface area (Å²) in [6, 6.07) is 4.38. The predicted molar refractivity (Wildman–Crippen MR) is 67.9 cm³/mol. The van der Waals surface area contributed by atoms with Crippen LogP contribution in [0.2, 0.25) is 0 Å². The molecule has 0 bridgehead atoms. The molecule has 0 fully saturated rings. The molecular weight excluding hydrogens is 319 g/mol. The third kappa shape index (κ3) is 2.35. The molecule has 1 aromatic carbocycles. The number of rotatable bonds is 3. The van der Waals surface area contributed by atoms with Crippen molar-refractivity contribution in [2.45, 2.75) is 19.4 Å². The maximum Gasteiger partial charge on any atom is 0.331 e. The predicted octanol–water partition coefficient (Wildman–Crippen LogP) is 2.06. The first-order valence-electron chi connectivity index (χ1n) is 5.31. The average Bonchev–Trinajstić information content (AvgIpc) is 2.78. The summed E-state index contributed by atoms with van der Waals surface area (Å²) >= 11 is 3.15. The number of halogens is 2. The van der Waals surface area contributed by atoms with Crippen LogP contribution in [0.15, 0.2) is 22.7 Å². The molecule has 0 saturated heterocycles. The van der Waals surface area contributed by atoms with Crippen molar-refractivity contribution in [1.82, 2.24) is 20.2 Å². The van der Waals surface area contributed by atoms with Crippen LogP contribution < -0.4 is 0 Å². The first-order chi connectivity index (χ1) is 8.84. The lowest BCUT2D eigenvalue weighted by Crippen LogP contribution is -2.37. The molecule has 0 unspecified atom stereocenters. The Balaban J connectivity index is 2.60. The molecule has 0 spiro atoms. The lowest BCUT2D eigenvalue weighted by Gasteiger charge is -2.20. The Morgan fingerprint density at radius 1 is 1.47 bits per heavy atom. The second-order valence-corrected chi connectivity index (χ2v) is 5.32. The van der Waals surface area contributed by atoms with Gasteiger partial charge in [0, 0.05) is 4.47 Å². The van der Waals surface area contributed by atoms with Crippen molar-refractivity contribution in [2.75, 3.05) is 0 Å². The molecule has 8 heteroatoms. The first kappa shape index (κ1) is 13.6. The maximum absolute atomic E-state index is 13.9. The second-order valence-electron chi connectivity index (χ2n) is 4.40. The fourth-order valence-corrected chi connectivity index (χ4v) is 1.83. The zero-order valence-electron chi connectivity index (χ0n) is 10.1. The van der Waals surface area contributed by atoms with Crippen LogP contribution >= 0.6 is 15.9 Å². The van der Waals surface area contributed by atoms with Gasteiger partial charge in [0.25, 0.3) is 0 Å². The fraction of sp³-hybridized carbons (Fsp3) is 0.273. The zero-order valence-corrected chi connectivity index (χ0v) is 11.7. The molecule has 2 rings (SSSR count). The van der Waals surface area contributed by atoms with E-state index in [2.05, 4.69) is 31.5 Å². The molecule has 19 heavy (non-hydrogen) atoms. The van der Waals surface area contributed by atoms with Gasteiger partial charge in [0.2, 0.25) is 0 Å². The molecule has 6 nitrogen and oxygen atoms in total. The summed E-state index contributed by atoms with van der Waals surface area (Å²) in [5.41, 5.74) is -1.24. The van der Waals surface area contributed by atoms with E-state index in [0.717, 1.165) is 4.68 Å². The van der Waals surface area contributed by atoms with Crippen LogP contribution in [0.4, 0.5) is 4.39 Å². The molecular formula is C11H10BrFN4O2. The van der Waals surface area contributed by atoms with Crippen LogP contribution in [-0.4, -0.2) is 31.3 Å². The molecule has 0 atom stereocenters. The van der Waals surface area contributed by atoms with E-state index >= 15 is 0 Å². The van der Waals surface area contributed by atoms with E-state index in [9.17, 15) is 14.3 Å². The molecule has 0 aliphatic rings. The fourth-order valence-electron chi connectivity index (χ4n) is 1.49. The van der Waals surface area contributed by atoms with Gasteiger partial charge in [0.15, 0.2) is 11.4 Å².